The zero-order chi connectivity index (χ0) is 11.5. The molecule has 88 valence electrons. The largest absolute Gasteiger partial charge is 0.481 e. The van der Waals surface area contributed by atoms with E-state index in [0.29, 0.717) is 6.04 Å². The summed E-state index contributed by atoms with van der Waals surface area (Å²) in [5.74, 6) is -0.615. The number of aliphatic carboxylic acids is 1. The molecule has 1 heterocycles. The van der Waals surface area contributed by atoms with Crippen LogP contribution in [0.3, 0.4) is 0 Å². The van der Waals surface area contributed by atoms with Gasteiger partial charge in [0.2, 0.25) is 0 Å². The molecule has 0 bridgehead atoms. The van der Waals surface area contributed by atoms with Crippen LogP contribution in [0.5, 0.6) is 0 Å². The maximum Gasteiger partial charge on any atom is 0.310 e. The van der Waals surface area contributed by atoms with Crippen LogP contribution in [0.15, 0.2) is 0 Å². The van der Waals surface area contributed by atoms with Crippen molar-refractivity contribution >= 4 is 5.97 Å². The van der Waals surface area contributed by atoms with E-state index in [-0.39, 0.29) is 0 Å². The fourth-order valence-corrected chi connectivity index (χ4v) is 2.50. The lowest BCUT2D eigenvalue weighted by molar-refractivity contribution is -0.148. The molecule has 0 aliphatic carbocycles. The number of carbonyl (C=O) groups is 1. The Morgan fingerprint density at radius 2 is 2.20 bits per heavy atom. The van der Waals surface area contributed by atoms with Crippen LogP contribution in [0, 0.1) is 5.41 Å². The first-order valence-electron chi connectivity index (χ1n) is 6.03. The number of hydrogen-bond donors (Lipinski definition) is 1. The van der Waals surface area contributed by atoms with Gasteiger partial charge in [0.05, 0.1) is 5.41 Å². The highest BCUT2D eigenvalue weighted by molar-refractivity contribution is 5.75. The monoisotopic (exact) mass is 213 g/mol. The first kappa shape index (κ1) is 12.5. The van der Waals surface area contributed by atoms with Crippen LogP contribution in [0.4, 0.5) is 0 Å². The topological polar surface area (TPSA) is 40.5 Å². The molecule has 1 aliphatic rings. The lowest BCUT2D eigenvalue weighted by Crippen LogP contribution is -2.37. The van der Waals surface area contributed by atoms with Crippen molar-refractivity contribution in [1.82, 2.24) is 4.90 Å². The van der Waals surface area contributed by atoms with E-state index in [1.165, 1.54) is 12.8 Å². The Bertz CT molecular complexity index is 230. The molecule has 0 aromatic carbocycles. The first-order valence-corrected chi connectivity index (χ1v) is 6.03. The van der Waals surface area contributed by atoms with Crippen LogP contribution in [-0.2, 0) is 4.79 Å². The Morgan fingerprint density at radius 1 is 1.53 bits per heavy atom. The minimum Gasteiger partial charge on any atom is -0.481 e. The molecule has 15 heavy (non-hydrogen) atoms. The molecule has 0 amide bonds. The van der Waals surface area contributed by atoms with Gasteiger partial charge in [-0.25, -0.2) is 0 Å². The molecular formula is C12H23NO2. The summed E-state index contributed by atoms with van der Waals surface area (Å²) in [6.45, 7) is 8.05. The third-order valence-electron chi connectivity index (χ3n) is 3.84. The summed E-state index contributed by atoms with van der Waals surface area (Å²) < 4.78 is 0. The van der Waals surface area contributed by atoms with Gasteiger partial charge in [0.15, 0.2) is 0 Å². The van der Waals surface area contributed by atoms with Crippen molar-refractivity contribution < 1.29 is 9.90 Å². The summed E-state index contributed by atoms with van der Waals surface area (Å²) in [5, 5.41) is 9.27. The van der Waals surface area contributed by atoms with Crippen LogP contribution in [-0.4, -0.2) is 35.1 Å². The van der Waals surface area contributed by atoms with E-state index in [1.54, 1.807) is 0 Å². The predicted molar refractivity (Wildman–Crippen MR) is 60.9 cm³/mol. The molecule has 0 aromatic rings. The average molecular weight is 213 g/mol. The predicted octanol–water partition coefficient (Wildman–Crippen LogP) is 2.36. The maximum atomic E-state index is 11.3. The number of rotatable bonds is 5. The van der Waals surface area contributed by atoms with Gasteiger partial charge in [-0.2, -0.15) is 0 Å². The summed E-state index contributed by atoms with van der Waals surface area (Å²) >= 11 is 0. The smallest absolute Gasteiger partial charge is 0.310 e. The standard InChI is InChI=1S/C12H23NO2/c1-4-6-10(3)13-8-7-12(5-2,9-13)11(14)15/h10H,4-9H2,1-3H3,(H,14,15). The minimum atomic E-state index is -0.615. The van der Waals surface area contributed by atoms with Crippen molar-refractivity contribution in [3.63, 3.8) is 0 Å². The fraction of sp³-hybridized carbons (Fsp3) is 0.917. The Hall–Kier alpha value is -0.570. The zero-order valence-corrected chi connectivity index (χ0v) is 10.1. The van der Waals surface area contributed by atoms with Crippen LogP contribution < -0.4 is 0 Å². The van der Waals surface area contributed by atoms with Gasteiger partial charge in [0.25, 0.3) is 0 Å². The van der Waals surface area contributed by atoms with Crippen molar-refractivity contribution in [3.8, 4) is 0 Å². The quantitative estimate of drug-likeness (QED) is 0.762. The second-order valence-corrected chi connectivity index (χ2v) is 4.80. The lowest BCUT2D eigenvalue weighted by atomic mass is 9.84. The summed E-state index contributed by atoms with van der Waals surface area (Å²) in [5.41, 5.74) is -0.470. The highest BCUT2D eigenvalue weighted by Crippen LogP contribution is 2.35. The molecule has 0 saturated carbocycles. The zero-order valence-electron chi connectivity index (χ0n) is 10.1. The van der Waals surface area contributed by atoms with Gasteiger partial charge in [-0.05, 0) is 32.7 Å². The minimum absolute atomic E-state index is 0.470. The molecule has 2 unspecified atom stereocenters. The van der Waals surface area contributed by atoms with Gasteiger partial charge in [-0.3, -0.25) is 9.69 Å². The normalized spacial score (nSPS) is 29.3. The summed E-state index contributed by atoms with van der Waals surface area (Å²) in [7, 11) is 0. The molecule has 1 N–H and O–H groups in total. The third kappa shape index (κ3) is 2.51. The Kier molecular flexibility index (Phi) is 4.14. The Balaban J connectivity index is 2.60. The highest BCUT2D eigenvalue weighted by atomic mass is 16.4. The van der Waals surface area contributed by atoms with Crippen molar-refractivity contribution in [3.05, 3.63) is 0 Å². The van der Waals surface area contributed by atoms with Crippen LogP contribution in [0.1, 0.15) is 46.5 Å². The SMILES string of the molecule is CCCC(C)N1CCC(CC)(C(=O)O)C1. The molecule has 1 saturated heterocycles. The summed E-state index contributed by atoms with van der Waals surface area (Å²) in [4.78, 5) is 13.6. The summed E-state index contributed by atoms with van der Waals surface area (Å²) in [6.07, 6.45) is 3.90. The van der Waals surface area contributed by atoms with Crippen LogP contribution >= 0.6 is 0 Å². The van der Waals surface area contributed by atoms with Crippen LogP contribution in [0.2, 0.25) is 0 Å². The molecule has 3 heteroatoms. The molecule has 1 fully saturated rings. The van der Waals surface area contributed by atoms with Gasteiger partial charge in [0.1, 0.15) is 0 Å². The second kappa shape index (κ2) is 4.97. The number of likely N-dealkylation sites (tertiary alicyclic amines) is 1. The van der Waals surface area contributed by atoms with Crippen molar-refractivity contribution in [2.75, 3.05) is 13.1 Å². The highest BCUT2D eigenvalue weighted by Gasteiger charge is 2.44. The van der Waals surface area contributed by atoms with Crippen molar-refractivity contribution in [2.24, 2.45) is 5.41 Å². The number of carboxylic acid groups (broad SMARTS) is 1. The molecule has 1 aliphatic heterocycles. The van der Waals surface area contributed by atoms with Crippen LogP contribution in [0.25, 0.3) is 0 Å². The molecule has 2 atom stereocenters. The molecule has 0 radical (unpaired) electrons. The van der Waals surface area contributed by atoms with Gasteiger partial charge in [-0.1, -0.05) is 20.3 Å². The summed E-state index contributed by atoms with van der Waals surface area (Å²) in [6, 6.07) is 0.530. The maximum absolute atomic E-state index is 11.3. The van der Waals surface area contributed by atoms with Crippen molar-refractivity contribution in [2.45, 2.75) is 52.5 Å². The molecule has 0 spiro atoms. The number of nitrogens with zero attached hydrogens (tertiary/aromatic N) is 1. The van der Waals surface area contributed by atoms with Crippen molar-refractivity contribution in [1.29, 1.82) is 0 Å². The molecule has 0 aromatic heterocycles. The average Bonchev–Trinajstić information content (AvgIpc) is 2.63. The van der Waals surface area contributed by atoms with Gasteiger partial charge in [0, 0.05) is 12.6 Å². The Morgan fingerprint density at radius 3 is 2.60 bits per heavy atom. The van der Waals surface area contributed by atoms with E-state index in [1.807, 2.05) is 6.92 Å². The lowest BCUT2D eigenvalue weighted by Gasteiger charge is -2.27. The Labute approximate surface area is 92.5 Å². The molecular weight excluding hydrogens is 190 g/mol. The van der Waals surface area contributed by atoms with E-state index in [0.717, 1.165) is 25.9 Å². The van der Waals surface area contributed by atoms with Gasteiger partial charge in [-0.15, -0.1) is 0 Å². The van der Waals surface area contributed by atoms with E-state index < -0.39 is 11.4 Å². The number of carboxylic acids is 1. The van der Waals surface area contributed by atoms with E-state index in [9.17, 15) is 9.90 Å². The van der Waals surface area contributed by atoms with E-state index in [4.69, 9.17) is 0 Å². The number of hydrogen-bond acceptors (Lipinski definition) is 2. The second-order valence-electron chi connectivity index (χ2n) is 4.80. The van der Waals surface area contributed by atoms with E-state index in [2.05, 4.69) is 18.7 Å². The first-order chi connectivity index (χ1) is 7.05. The molecule has 3 nitrogen and oxygen atoms in total. The van der Waals surface area contributed by atoms with Gasteiger partial charge >= 0.3 is 5.97 Å². The molecule has 1 rings (SSSR count). The van der Waals surface area contributed by atoms with E-state index >= 15 is 0 Å². The fourth-order valence-electron chi connectivity index (χ4n) is 2.50. The third-order valence-corrected chi connectivity index (χ3v) is 3.84. The van der Waals surface area contributed by atoms with Gasteiger partial charge < -0.3 is 5.11 Å².